The van der Waals surface area contributed by atoms with Crippen LogP contribution in [0.3, 0.4) is 0 Å². The van der Waals surface area contributed by atoms with Crippen molar-refractivity contribution in [3.05, 3.63) is 66.0 Å². The normalized spacial score (nSPS) is 11.9. The first-order valence-electron chi connectivity index (χ1n) is 7.20. The number of benzene rings is 1. The minimum atomic E-state index is -0.128. The molecule has 0 fully saturated rings. The number of hydrogen-bond donors (Lipinski definition) is 2. The smallest absolute Gasteiger partial charge is 0.220 e. The quantitative estimate of drug-likeness (QED) is 0.767. The molecule has 0 saturated heterocycles. The Hall–Kier alpha value is -2.20. The molecule has 1 atom stereocenters. The fraction of sp³-hybridized carbons (Fsp3) is 0.294. The Morgan fingerprint density at radius 3 is 2.43 bits per heavy atom. The van der Waals surface area contributed by atoms with E-state index < -0.39 is 0 Å². The minimum absolute atomic E-state index is 0.0657. The number of nitrogens with zero attached hydrogens (tertiary/aromatic N) is 1. The molecule has 0 spiro atoms. The minimum Gasteiger partial charge on any atom is -0.345 e. The number of nitrogens with one attached hydrogen (secondary N) is 2. The van der Waals surface area contributed by atoms with E-state index in [9.17, 15) is 4.79 Å². The van der Waals surface area contributed by atoms with Crippen LogP contribution in [0.4, 0.5) is 0 Å². The van der Waals surface area contributed by atoms with Gasteiger partial charge in [0.15, 0.2) is 0 Å². The molecule has 0 aliphatic rings. The van der Waals surface area contributed by atoms with Gasteiger partial charge in [0.05, 0.1) is 6.04 Å². The fourth-order valence-corrected chi connectivity index (χ4v) is 2.22. The first kappa shape index (κ1) is 15.2. The summed E-state index contributed by atoms with van der Waals surface area (Å²) < 4.78 is 0. The number of aromatic nitrogens is 1. The lowest BCUT2D eigenvalue weighted by molar-refractivity contribution is -0.121. The monoisotopic (exact) mass is 283 g/mol. The maximum Gasteiger partial charge on any atom is 0.220 e. The van der Waals surface area contributed by atoms with Crippen molar-refractivity contribution in [1.82, 2.24) is 15.6 Å². The highest BCUT2D eigenvalue weighted by atomic mass is 16.1. The molecule has 1 aromatic carbocycles. The largest absolute Gasteiger partial charge is 0.345 e. The average molecular weight is 283 g/mol. The fourth-order valence-electron chi connectivity index (χ4n) is 2.22. The van der Waals surface area contributed by atoms with Crippen molar-refractivity contribution in [3.8, 4) is 0 Å². The predicted molar refractivity (Wildman–Crippen MR) is 83.8 cm³/mol. The second-order valence-corrected chi connectivity index (χ2v) is 4.90. The van der Waals surface area contributed by atoms with Crippen LogP contribution < -0.4 is 10.6 Å². The molecule has 0 bridgehead atoms. The summed E-state index contributed by atoms with van der Waals surface area (Å²) in [4.78, 5) is 16.2. The van der Waals surface area contributed by atoms with Crippen molar-refractivity contribution >= 4 is 5.91 Å². The van der Waals surface area contributed by atoms with Gasteiger partial charge >= 0.3 is 0 Å². The zero-order chi connectivity index (χ0) is 14.9. The molecule has 1 unspecified atom stereocenters. The van der Waals surface area contributed by atoms with Gasteiger partial charge in [0.1, 0.15) is 0 Å². The highest BCUT2D eigenvalue weighted by Crippen LogP contribution is 2.21. The summed E-state index contributed by atoms with van der Waals surface area (Å²) in [7, 11) is 1.89. The SMILES string of the molecule is CNCCCC(=O)NC(c1ccccc1)c1ccncc1. The van der Waals surface area contributed by atoms with Gasteiger partial charge in [-0.1, -0.05) is 30.3 Å². The molecule has 2 rings (SSSR count). The maximum atomic E-state index is 12.1. The number of pyridine rings is 1. The van der Waals surface area contributed by atoms with Gasteiger partial charge in [-0.05, 0) is 43.3 Å². The molecule has 0 radical (unpaired) electrons. The van der Waals surface area contributed by atoms with Gasteiger partial charge in [0.2, 0.25) is 5.91 Å². The first-order valence-corrected chi connectivity index (χ1v) is 7.20. The van der Waals surface area contributed by atoms with Crippen molar-refractivity contribution < 1.29 is 4.79 Å². The van der Waals surface area contributed by atoms with E-state index in [0.717, 1.165) is 24.1 Å². The number of rotatable bonds is 7. The molecule has 4 heteroatoms. The Morgan fingerprint density at radius 1 is 1.10 bits per heavy atom. The van der Waals surface area contributed by atoms with Crippen molar-refractivity contribution in [2.24, 2.45) is 0 Å². The summed E-state index contributed by atoms with van der Waals surface area (Å²) in [6, 6.07) is 13.7. The highest BCUT2D eigenvalue weighted by molar-refractivity contribution is 5.77. The Bertz CT molecular complexity index is 503. The summed E-state index contributed by atoms with van der Waals surface area (Å²) in [5.41, 5.74) is 2.11. The third-order valence-electron chi connectivity index (χ3n) is 3.31. The van der Waals surface area contributed by atoms with Crippen molar-refractivity contribution in [2.75, 3.05) is 13.6 Å². The molecule has 2 aromatic rings. The van der Waals surface area contributed by atoms with Crippen LogP contribution in [-0.2, 0) is 4.79 Å². The van der Waals surface area contributed by atoms with E-state index in [1.54, 1.807) is 12.4 Å². The van der Waals surface area contributed by atoms with Gasteiger partial charge < -0.3 is 10.6 Å². The Morgan fingerprint density at radius 2 is 1.76 bits per heavy atom. The Labute approximate surface area is 125 Å². The molecule has 110 valence electrons. The van der Waals surface area contributed by atoms with Crippen LogP contribution in [0.25, 0.3) is 0 Å². The van der Waals surface area contributed by atoms with Crippen LogP contribution in [-0.4, -0.2) is 24.5 Å². The third kappa shape index (κ3) is 4.68. The molecule has 4 nitrogen and oxygen atoms in total. The van der Waals surface area contributed by atoms with Crippen LogP contribution in [0, 0.1) is 0 Å². The highest BCUT2D eigenvalue weighted by Gasteiger charge is 2.16. The lowest BCUT2D eigenvalue weighted by Gasteiger charge is -2.19. The van der Waals surface area contributed by atoms with Gasteiger partial charge in [-0.3, -0.25) is 9.78 Å². The molecule has 0 aliphatic carbocycles. The summed E-state index contributed by atoms with van der Waals surface area (Å²) in [5.74, 6) is 0.0657. The van der Waals surface area contributed by atoms with Crippen LogP contribution in [0.5, 0.6) is 0 Å². The predicted octanol–water partition coefficient (Wildman–Crippen LogP) is 2.29. The summed E-state index contributed by atoms with van der Waals surface area (Å²) in [6.07, 6.45) is 4.85. The van der Waals surface area contributed by atoms with E-state index in [1.807, 2.05) is 49.5 Å². The molecule has 1 heterocycles. The topological polar surface area (TPSA) is 54.0 Å². The lowest BCUT2D eigenvalue weighted by Crippen LogP contribution is -2.29. The van der Waals surface area contributed by atoms with Crippen LogP contribution in [0.2, 0.25) is 0 Å². The molecule has 1 amide bonds. The number of hydrogen-bond acceptors (Lipinski definition) is 3. The Balaban J connectivity index is 2.12. The van der Waals surface area contributed by atoms with Crippen LogP contribution >= 0.6 is 0 Å². The van der Waals surface area contributed by atoms with E-state index >= 15 is 0 Å². The van der Waals surface area contributed by atoms with E-state index in [0.29, 0.717) is 6.42 Å². The molecular weight excluding hydrogens is 262 g/mol. The van der Waals surface area contributed by atoms with Crippen molar-refractivity contribution in [3.63, 3.8) is 0 Å². The lowest BCUT2D eigenvalue weighted by atomic mass is 9.99. The van der Waals surface area contributed by atoms with Crippen LogP contribution in [0.1, 0.15) is 30.0 Å². The van der Waals surface area contributed by atoms with Gasteiger partial charge in [0, 0.05) is 18.8 Å². The Kier molecular flexibility index (Phi) is 5.91. The molecule has 0 saturated carbocycles. The van der Waals surface area contributed by atoms with Crippen molar-refractivity contribution in [2.45, 2.75) is 18.9 Å². The molecule has 2 N–H and O–H groups in total. The van der Waals surface area contributed by atoms with Gasteiger partial charge in [-0.15, -0.1) is 0 Å². The summed E-state index contributed by atoms with van der Waals surface area (Å²) in [6.45, 7) is 0.846. The van der Waals surface area contributed by atoms with Gasteiger partial charge in [-0.25, -0.2) is 0 Å². The first-order chi connectivity index (χ1) is 10.3. The van der Waals surface area contributed by atoms with E-state index in [-0.39, 0.29) is 11.9 Å². The zero-order valence-corrected chi connectivity index (χ0v) is 12.3. The van der Waals surface area contributed by atoms with Gasteiger partial charge in [0.25, 0.3) is 0 Å². The zero-order valence-electron chi connectivity index (χ0n) is 12.3. The number of carbonyl (C=O) groups is 1. The maximum absolute atomic E-state index is 12.1. The summed E-state index contributed by atoms with van der Waals surface area (Å²) >= 11 is 0. The van der Waals surface area contributed by atoms with E-state index in [2.05, 4.69) is 15.6 Å². The van der Waals surface area contributed by atoms with Crippen LogP contribution in [0.15, 0.2) is 54.9 Å². The standard InChI is InChI=1S/C17H21N3O/c1-18-11-5-8-16(21)20-17(14-6-3-2-4-7-14)15-9-12-19-13-10-15/h2-4,6-7,9-10,12-13,17-18H,5,8,11H2,1H3,(H,20,21). The molecule has 0 aliphatic heterocycles. The van der Waals surface area contributed by atoms with Crippen molar-refractivity contribution in [1.29, 1.82) is 0 Å². The number of amides is 1. The average Bonchev–Trinajstić information content (AvgIpc) is 2.54. The molecule has 1 aromatic heterocycles. The second-order valence-electron chi connectivity index (χ2n) is 4.90. The molecular formula is C17H21N3O. The van der Waals surface area contributed by atoms with Gasteiger partial charge in [-0.2, -0.15) is 0 Å². The third-order valence-corrected chi connectivity index (χ3v) is 3.31. The number of carbonyl (C=O) groups excluding carboxylic acids is 1. The van der Waals surface area contributed by atoms with E-state index in [4.69, 9.17) is 0 Å². The summed E-state index contributed by atoms with van der Waals surface area (Å²) in [5, 5.41) is 6.17. The molecule has 21 heavy (non-hydrogen) atoms. The second kappa shape index (κ2) is 8.17. The van der Waals surface area contributed by atoms with E-state index in [1.165, 1.54) is 0 Å².